The number of carbonyl (C=O) groups is 1. The summed E-state index contributed by atoms with van der Waals surface area (Å²) in [4.78, 5) is 11.8. The number of esters is 1. The van der Waals surface area contributed by atoms with E-state index in [1.54, 1.807) is 7.11 Å². The van der Waals surface area contributed by atoms with Gasteiger partial charge in [-0.1, -0.05) is 25.1 Å². The molecule has 1 aromatic carbocycles. The molecule has 3 aliphatic carbocycles. The smallest absolute Gasteiger partial charge is 0.305 e. The Kier molecular flexibility index (Phi) is 5.26. The molecule has 0 bridgehead atoms. The summed E-state index contributed by atoms with van der Waals surface area (Å²) in [6.07, 6.45) is 9.77. The molecule has 1 aromatic rings. The monoisotopic (exact) mass is 384 g/mol. The van der Waals surface area contributed by atoms with Gasteiger partial charge >= 0.3 is 5.97 Å². The molecule has 3 aliphatic rings. The molecule has 0 aliphatic heterocycles. The van der Waals surface area contributed by atoms with E-state index in [1.807, 2.05) is 7.11 Å². The molecule has 0 radical (unpaired) electrons. The van der Waals surface area contributed by atoms with Crippen LogP contribution in [-0.4, -0.2) is 33.4 Å². The Morgan fingerprint density at radius 1 is 1.25 bits per heavy atom. The third-order valence-electron chi connectivity index (χ3n) is 7.82. The number of allylic oxidation sites excluding steroid dienone is 1. The molecular weight excluding hydrogens is 352 g/mol. The summed E-state index contributed by atoms with van der Waals surface area (Å²) in [6, 6.07) is 6.49. The van der Waals surface area contributed by atoms with Gasteiger partial charge < -0.3 is 14.2 Å². The fourth-order valence-corrected chi connectivity index (χ4v) is 6.50. The molecule has 3 unspecified atom stereocenters. The van der Waals surface area contributed by atoms with Crippen molar-refractivity contribution in [1.29, 1.82) is 0 Å². The van der Waals surface area contributed by atoms with E-state index in [1.165, 1.54) is 31.1 Å². The first-order chi connectivity index (χ1) is 13.5. The van der Waals surface area contributed by atoms with Gasteiger partial charge in [0, 0.05) is 13.5 Å². The molecule has 0 aromatic heterocycles. The van der Waals surface area contributed by atoms with Gasteiger partial charge in [0.15, 0.2) is 0 Å². The summed E-state index contributed by atoms with van der Waals surface area (Å²) in [6.45, 7) is 2.41. The number of carbonyl (C=O) groups excluding carboxylic acids is 1. The normalized spacial score (nSPS) is 35.6. The van der Waals surface area contributed by atoms with Crippen LogP contribution in [0.4, 0.5) is 0 Å². The van der Waals surface area contributed by atoms with Gasteiger partial charge in [0.25, 0.3) is 0 Å². The molecule has 2 fully saturated rings. The number of methoxy groups -OCH3 is 3. The maximum Gasteiger partial charge on any atom is 0.305 e. The highest BCUT2D eigenvalue weighted by Gasteiger charge is 2.58. The maximum absolute atomic E-state index is 11.8. The summed E-state index contributed by atoms with van der Waals surface area (Å²) >= 11 is 0. The van der Waals surface area contributed by atoms with Crippen molar-refractivity contribution in [3.8, 4) is 5.75 Å². The topological polar surface area (TPSA) is 44.8 Å². The van der Waals surface area contributed by atoms with Gasteiger partial charge in [0.05, 0.1) is 20.3 Å². The summed E-state index contributed by atoms with van der Waals surface area (Å²) in [5.74, 6) is 2.88. The van der Waals surface area contributed by atoms with Crippen LogP contribution in [0.3, 0.4) is 0 Å². The van der Waals surface area contributed by atoms with Crippen LogP contribution in [0.2, 0.25) is 0 Å². The van der Waals surface area contributed by atoms with Crippen LogP contribution in [0, 0.1) is 23.2 Å². The third-order valence-corrected chi connectivity index (χ3v) is 7.82. The third kappa shape index (κ3) is 3.06. The number of hydrogen-bond donors (Lipinski definition) is 0. The Morgan fingerprint density at radius 2 is 2.07 bits per heavy atom. The SMILES string of the molecule is COC(=O)CC[C@@H]1C[C@H](OC)[C@@]2(C)CCC3c4ccc(OC)cc4C=CC3C12. The molecule has 0 spiro atoms. The molecule has 4 rings (SSSR count). The lowest BCUT2D eigenvalue weighted by molar-refractivity contribution is -0.141. The Bertz CT molecular complexity index is 770. The second-order valence-electron chi connectivity index (χ2n) is 8.94. The highest BCUT2D eigenvalue weighted by Crippen LogP contribution is 2.63. The molecule has 0 amide bonds. The number of fused-ring (bicyclic) bond motifs is 5. The highest BCUT2D eigenvalue weighted by atomic mass is 16.5. The molecule has 4 heteroatoms. The molecule has 28 heavy (non-hydrogen) atoms. The second-order valence-corrected chi connectivity index (χ2v) is 8.94. The quantitative estimate of drug-likeness (QED) is 0.683. The number of hydrogen-bond acceptors (Lipinski definition) is 4. The van der Waals surface area contributed by atoms with Gasteiger partial charge in [0.2, 0.25) is 0 Å². The lowest BCUT2D eigenvalue weighted by Gasteiger charge is -2.50. The van der Waals surface area contributed by atoms with Crippen LogP contribution in [0.25, 0.3) is 6.08 Å². The number of benzene rings is 1. The minimum atomic E-state index is -0.105. The van der Waals surface area contributed by atoms with Crippen LogP contribution in [0.1, 0.15) is 56.1 Å². The van der Waals surface area contributed by atoms with Crippen molar-refractivity contribution in [2.75, 3.05) is 21.3 Å². The first-order valence-electron chi connectivity index (χ1n) is 10.5. The average Bonchev–Trinajstić information content (AvgIpc) is 3.02. The zero-order chi connectivity index (χ0) is 19.9. The average molecular weight is 385 g/mol. The lowest BCUT2D eigenvalue weighted by Crippen LogP contribution is -2.44. The van der Waals surface area contributed by atoms with Gasteiger partial charge in [-0.2, -0.15) is 0 Å². The first kappa shape index (κ1) is 19.5. The summed E-state index contributed by atoms with van der Waals surface area (Å²) in [7, 11) is 5.04. The summed E-state index contributed by atoms with van der Waals surface area (Å²) < 4.78 is 16.3. The van der Waals surface area contributed by atoms with Crippen molar-refractivity contribution in [3.05, 3.63) is 35.4 Å². The van der Waals surface area contributed by atoms with E-state index < -0.39 is 0 Å². The van der Waals surface area contributed by atoms with Gasteiger partial charge in [-0.25, -0.2) is 0 Å². The number of rotatable bonds is 5. The van der Waals surface area contributed by atoms with Crippen molar-refractivity contribution in [2.24, 2.45) is 23.2 Å². The predicted octanol–water partition coefficient (Wildman–Crippen LogP) is 4.83. The fraction of sp³-hybridized carbons (Fsp3) is 0.625. The molecule has 4 nitrogen and oxygen atoms in total. The second kappa shape index (κ2) is 7.55. The minimum absolute atomic E-state index is 0.105. The molecule has 0 N–H and O–H groups in total. The Labute approximate surface area is 168 Å². The predicted molar refractivity (Wildman–Crippen MR) is 109 cm³/mol. The fourth-order valence-electron chi connectivity index (χ4n) is 6.50. The highest BCUT2D eigenvalue weighted by molar-refractivity contribution is 5.69. The van der Waals surface area contributed by atoms with E-state index in [-0.39, 0.29) is 17.5 Å². The van der Waals surface area contributed by atoms with E-state index in [9.17, 15) is 4.79 Å². The van der Waals surface area contributed by atoms with Crippen molar-refractivity contribution >= 4 is 12.0 Å². The van der Waals surface area contributed by atoms with Crippen molar-refractivity contribution in [3.63, 3.8) is 0 Å². The van der Waals surface area contributed by atoms with E-state index in [0.717, 1.165) is 18.6 Å². The Balaban J connectivity index is 1.65. The summed E-state index contributed by atoms with van der Waals surface area (Å²) in [5.41, 5.74) is 2.91. The van der Waals surface area contributed by atoms with Gasteiger partial charge in [-0.3, -0.25) is 4.79 Å². The zero-order valence-corrected chi connectivity index (χ0v) is 17.4. The summed E-state index contributed by atoms with van der Waals surface area (Å²) in [5, 5.41) is 0. The molecule has 152 valence electrons. The van der Waals surface area contributed by atoms with Crippen molar-refractivity contribution in [2.45, 2.75) is 51.0 Å². The van der Waals surface area contributed by atoms with Crippen LogP contribution in [0.5, 0.6) is 5.75 Å². The van der Waals surface area contributed by atoms with Crippen LogP contribution < -0.4 is 4.74 Å². The van der Waals surface area contributed by atoms with E-state index in [4.69, 9.17) is 14.2 Å². The first-order valence-corrected chi connectivity index (χ1v) is 10.5. The Morgan fingerprint density at radius 3 is 2.79 bits per heavy atom. The van der Waals surface area contributed by atoms with E-state index in [0.29, 0.717) is 30.1 Å². The van der Waals surface area contributed by atoms with Crippen molar-refractivity contribution in [1.82, 2.24) is 0 Å². The van der Waals surface area contributed by atoms with Crippen LogP contribution in [-0.2, 0) is 14.3 Å². The molecule has 6 atom stereocenters. The van der Waals surface area contributed by atoms with Crippen LogP contribution in [0.15, 0.2) is 24.3 Å². The standard InChI is InChI=1S/C24H32O4/c1-24-12-11-19-18-9-7-17(26-2)13-15(18)5-8-20(19)23(24)16(14-21(24)27-3)6-10-22(25)28-4/h5,7-9,13,16,19-21,23H,6,10-12,14H2,1-4H3/t16-,19?,20?,21+,23?,24-/m1/s1. The molecular formula is C24H32O4. The minimum Gasteiger partial charge on any atom is -0.497 e. The largest absolute Gasteiger partial charge is 0.497 e. The van der Waals surface area contributed by atoms with Crippen molar-refractivity contribution < 1.29 is 19.0 Å². The van der Waals surface area contributed by atoms with Crippen LogP contribution >= 0.6 is 0 Å². The maximum atomic E-state index is 11.8. The zero-order valence-electron chi connectivity index (χ0n) is 17.4. The molecule has 0 saturated heterocycles. The Hall–Kier alpha value is -1.81. The lowest BCUT2D eigenvalue weighted by atomic mass is 9.55. The van der Waals surface area contributed by atoms with Gasteiger partial charge in [-0.15, -0.1) is 0 Å². The molecule has 0 heterocycles. The van der Waals surface area contributed by atoms with E-state index >= 15 is 0 Å². The molecule has 2 saturated carbocycles. The number of ether oxygens (including phenoxy) is 3. The van der Waals surface area contributed by atoms with Gasteiger partial charge in [0.1, 0.15) is 5.75 Å². The van der Waals surface area contributed by atoms with E-state index in [2.05, 4.69) is 37.3 Å². The van der Waals surface area contributed by atoms with Gasteiger partial charge in [-0.05, 0) is 78.0 Å².